The molecule has 0 saturated carbocycles. The molecule has 4 rings (SSSR count). The summed E-state index contributed by atoms with van der Waals surface area (Å²) in [5.74, 6) is 2.37. The fraction of sp³-hybridized carbons (Fsp3) is 0.652. The Labute approximate surface area is 211 Å². The molecule has 0 aromatic carbocycles. The van der Waals surface area contributed by atoms with E-state index in [4.69, 9.17) is 15.0 Å². The van der Waals surface area contributed by atoms with Gasteiger partial charge in [-0.2, -0.15) is 20.3 Å². The molecule has 3 N–H and O–H groups in total. The Kier molecular flexibility index (Phi) is 8.33. The van der Waals surface area contributed by atoms with E-state index in [0.717, 1.165) is 38.8 Å². The van der Waals surface area contributed by atoms with Crippen molar-refractivity contribution in [1.29, 1.82) is 5.26 Å². The van der Waals surface area contributed by atoms with Gasteiger partial charge in [-0.3, -0.25) is 5.10 Å². The Balaban J connectivity index is 1.49. The molecule has 0 bridgehead atoms. The number of anilines is 3. The smallest absolute Gasteiger partial charge is 0.230 e. The van der Waals surface area contributed by atoms with Gasteiger partial charge in [0.15, 0.2) is 5.82 Å². The summed E-state index contributed by atoms with van der Waals surface area (Å²) >= 11 is 1.82. The third-order valence-electron chi connectivity index (χ3n) is 6.81. The standard InChI is InChI=1S/C23H35N9O2S/c1-5-17-8-19(9-18(6-2)32(17)35-31-12-15(11-24)13-31)30(3)23-26-20(10-22(27-23)34-4)25-21-7-16(14-33)28-29-21/h7,10,15,17-19,33H,5-6,8-9,12-14H2,1-4H3,(H2,25,26,27,28,29). The maximum Gasteiger partial charge on any atom is 0.230 e. The predicted octanol–water partition coefficient (Wildman–Crippen LogP) is 2.92. The minimum absolute atomic E-state index is 0.111. The summed E-state index contributed by atoms with van der Waals surface area (Å²) in [5.41, 5.74) is 0.619. The van der Waals surface area contributed by atoms with Crippen molar-refractivity contribution in [3.05, 3.63) is 17.8 Å². The number of H-pyrrole nitrogens is 1. The van der Waals surface area contributed by atoms with Crippen molar-refractivity contribution in [2.24, 2.45) is 5.92 Å². The lowest BCUT2D eigenvalue weighted by atomic mass is 9.90. The van der Waals surface area contributed by atoms with Crippen LogP contribution in [0.1, 0.15) is 45.2 Å². The first kappa shape index (κ1) is 25.5. The van der Waals surface area contributed by atoms with Crippen molar-refractivity contribution in [1.82, 2.24) is 28.8 Å². The summed E-state index contributed by atoms with van der Waals surface area (Å²) in [4.78, 5) is 11.5. The van der Waals surface area contributed by atoms with E-state index in [-0.39, 0.29) is 18.6 Å². The van der Waals surface area contributed by atoms with E-state index in [1.165, 1.54) is 0 Å². The molecule has 2 fully saturated rings. The third-order valence-corrected chi connectivity index (χ3v) is 8.13. The van der Waals surface area contributed by atoms with E-state index in [1.54, 1.807) is 19.2 Å². The molecule has 0 spiro atoms. The number of nitrogens with zero attached hydrogens (tertiary/aromatic N) is 7. The van der Waals surface area contributed by atoms with Crippen LogP contribution < -0.4 is 15.0 Å². The minimum atomic E-state index is -0.111. The van der Waals surface area contributed by atoms with Gasteiger partial charge in [0.1, 0.15) is 5.82 Å². The van der Waals surface area contributed by atoms with Crippen LogP contribution in [0.4, 0.5) is 17.6 Å². The number of methoxy groups -OCH3 is 1. The number of aromatic amines is 1. The van der Waals surface area contributed by atoms with Crippen LogP contribution in [0.2, 0.25) is 0 Å². The topological polar surface area (TPSA) is 129 Å². The number of aliphatic hydroxyl groups is 1. The van der Waals surface area contributed by atoms with Crippen LogP contribution in [0.25, 0.3) is 0 Å². The Morgan fingerprint density at radius 1 is 1.23 bits per heavy atom. The molecule has 2 aliphatic heterocycles. The number of aliphatic hydroxyl groups excluding tert-OH is 1. The van der Waals surface area contributed by atoms with Crippen LogP contribution in [0.15, 0.2) is 12.1 Å². The Morgan fingerprint density at radius 3 is 2.51 bits per heavy atom. The van der Waals surface area contributed by atoms with Crippen molar-refractivity contribution in [3.63, 3.8) is 0 Å². The van der Waals surface area contributed by atoms with Crippen molar-refractivity contribution in [2.45, 2.75) is 64.3 Å². The maximum absolute atomic E-state index is 9.28. The Morgan fingerprint density at radius 2 is 1.94 bits per heavy atom. The lowest BCUT2D eigenvalue weighted by molar-refractivity contribution is 0.153. The maximum atomic E-state index is 9.28. The molecular formula is C23H35N9O2S. The molecule has 0 amide bonds. The van der Waals surface area contributed by atoms with E-state index < -0.39 is 0 Å². The summed E-state index contributed by atoms with van der Waals surface area (Å²) in [6, 6.07) is 6.98. The first-order chi connectivity index (χ1) is 17.0. The van der Waals surface area contributed by atoms with Gasteiger partial charge in [0.25, 0.3) is 0 Å². The van der Waals surface area contributed by atoms with Crippen molar-refractivity contribution in [3.8, 4) is 11.9 Å². The second-order valence-electron chi connectivity index (χ2n) is 9.13. The van der Waals surface area contributed by atoms with Crippen molar-refractivity contribution >= 4 is 29.7 Å². The SMILES string of the molecule is CCC1CC(N(C)c2nc(Nc3cc(CO)[nH]n3)cc(OC)n2)CC(CC)N1SN1CC(C#N)C1. The van der Waals surface area contributed by atoms with Gasteiger partial charge in [-0.1, -0.05) is 13.8 Å². The first-order valence-electron chi connectivity index (χ1n) is 12.2. The number of piperidine rings is 1. The normalized spacial score (nSPS) is 23.5. The number of rotatable bonds is 10. The molecule has 0 radical (unpaired) electrons. The highest BCUT2D eigenvalue weighted by atomic mass is 32.2. The largest absolute Gasteiger partial charge is 0.481 e. The van der Waals surface area contributed by atoms with E-state index in [1.807, 2.05) is 12.1 Å². The second kappa shape index (κ2) is 11.4. The van der Waals surface area contributed by atoms with Gasteiger partial charge in [-0.25, -0.2) is 8.61 Å². The number of hydrogen-bond acceptors (Lipinski definition) is 11. The van der Waals surface area contributed by atoms with Gasteiger partial charge >= 0.3 is 0 Å². The molecule has 2 aromatic heterocycles. The van der Waals surface area contributed by atoms with Gasteiger partial charge in [-0.05, 0) is 25.7 Å². The van der Waals surface area contributed by atoms with Crippen LogP contribution in [-0.2, 0) is 6.61 Å². The highest BCUT2D eigenvalue weighted by molar-refractivity contribution is 7.94. The van der Waals surface area contributed by atoms with Gasteiger partial charge < -0.3 is 20.1 Å². The monoisotopic (exact) mass is 501 g/mol. The molecule has 190 valence electrons. The van der Waals surface area contributed by atoms with Crippen LogP contribution >= 0.6 is 12.1 Å². The lowest BCUT2D eigenvalue weighted by Gasteiger charge is -2.49. The quantitative estimate of drug-likeness (QED) is 0.415. The molecule has 2 saturated heterocycles. The molecule has 0 aliphatic carbocycles. The first-order valence-corrected chi connectivity index (χ1v) is 12.9. The van der Waals surface area contributed by atoms with E-state index in [9.17, 15) is 5.11 Å². The molecule has 4 heterocycles. The van der Waals surface area contributed by atoms with Gasteiger partial charge in [0, 0.05) is 62.5 Å². The Hall–Kier alpha value is -2.59. The summed E-state index contributed by atoms with van der Waals surface area (Å²) in [6.07, 6.45) is 4.13. The summed E-state index contributed by atoms with van der Waals surface area (Å²) in [5, 5.41) is 28.5. The molecule has 2 unspecified atom stereocenters. The zero-order valence-electron chi connectivity index (χ0n) is 20.8. The summed E-state index contributed by atoms with van der Waals surface area (Å²) < 4.78 is 10.3. The zero-order valence-corrected chi connectivity index (χ0v) is 21.6. The average Bonchev–Trinajstić information content (AvgIpc) is 3.32. The molecule has 11 nitrogen and oxygen atoms in total. The lowest BCUT2D eigenvalue weighted by Crippen LogP contribution is -2.54. The van der Waals surface area contributed by atoms with Gasteiger partial charge in [-0.15, -0.1) is 0 Å². The van der Waals surface area contributed by atoms with E-state index >= 15 is 0 Å². The number of ether oxygens (including phenoxy) is 1. The summed E-state index contributed by atoms with van der Waals surface area (Å²) in [7, 11) is 3.65. The summed E-state index contributed by atoms with van der Waals surface area (Å²) in [6.45, 7) is 6.07. The molecule has 35 heavy (non-hydrogen) atoms. The zero-order chi connectivity index (χ0) is 24.9. The number of nitriles is 1. The molecule has 12 heteroatoms. The highest BCUT2D eigenvalue weighted by Gasteiger charge is 2.40. The van der Waals surface area contributed by atoms with E-state index in [0.29, 0.717) is 41.2 Å². The van der Waals surface area contributed by atoms with Crippen molar-refractivity contribution in [2.75, 3.05) is 37.5 Å². The second-order valence-corrected chi connectivity index (χ2v) is 10.2. The molecule has 2 atom stereocenters. The fourth-order valence-corrected chi connectivity index (χ4v) is 6.13. The fourth-order valence-electron chi connectivity index (χ4n) is 4.63. The molecule has 2 aromatic rings. The molecule has 2 aliphatic rings. The number of aromatic nitrogens is 4. The van der Waals surface area contributed by atoms with Crippen LogP contribution in [0.5, 0.6) is 5.88 Å². The van der Waals surface area contributed by atoms with Crippen molar-refractivity contribution < 1.29 is 9.84 Å². The average molecular weight is 502 g/mol. The predicted molar refractivity (Wildman–Crippen MR) is 136 cm³/mol. The van der Waals surface area contributed by atoms with E-state index in [2.05, 4.69) is 61.0 Å². The van der Waals surface area contributed by atoms with Crippen LogP contribution in [0.3, 0.4) is 0 Å². The minimum Gasteiger partial charge on any atom is -0.481 e. The highest BCUT2D eigenvalue weighted by Crippen LogP contribution is 2.39. The number of nitrogens with one attached hydrogen (secondary N) is 2. The van der Waals surface area contributed by atoms with Gasteiger partial charge in [0.2, 0.25) is 11.8 Å². The number of hydrogen-bond donors (Lipinski definition) is 3. The Bertz CT molecular complexity index is 1010. The van der Waals surface area contributed by atoms with Gasteiger partial charge in [0.05, 0.1) is 31.4 Å². The molecular weight excluding hydrogens is 466 g/mol. The van der Waals surface area contributed by atoms with Crippen LogP contribution in [-0.4, -0.2) is 79.3 Å². The third kappa shape index (κ3) is 5.81. The van der Waals surface area contributed by atoms with Crippen LogP contribution in [0, 0.1) is 17.2 Å².